The molecule has 0 aliphatic rings. The van der Waals surface area contributed by atoms with E-state index in [9.17, 15) is 17.6 Å². The molecule has 2 N–H and O–H groups in total. The van der Waals surface area contributed by atoms with Crippen LogP contribution in [-0.4, -0.2) is 45.9 Å². The summed E-state index contributed by atoms with van der Waals surface area (Å²) in [6, 6.07) is 20.1. The third-order valence-corrected chi connectivity index (χ3v) is 7.41. The number of ether oxygens (including phenoxy) is 1. The molecule has 0 bridgehead atoms. The maximum atomic E-state index is 14.5. The van der Waals surface area contributed by atoms with Crippen LogP contribution in [0.1, 0.15) is 35.6 Å². The summed E-state index contributed by atoms with van der Waals surface area (Å²) in [7, 11) is -3.57. The fourth-order valence-corrected chi connectivity index (χ4v) is 5.04. The molecule has 9 nitrogen and oxygen atoms in total. The Balaban J connectivity index is 1.63. The van der Waals surface area contributed by atoms with E-state index < -0.39 is 21.8 Å². The van der Waals surface area contributed by atoms with Crippen molar-refractivity contribution in [3.05, 3.63) is 113 Å². The van der Waals surface area contributed by atoms with E-state index in [-0.39, 0.29) is 10.9 Å². The summed E-state index contributed by atoms with van der Waals surface area (Å²) in [5, 5.41) is 15.5. The Hall–Kier alpha value is -5.16. The topological polar surface area (TPSA) is 135 Å². The number of aromatic nitrogens is 4. The molecule has 0 unspecified atom stereocenters. The number of hydrogen-bond acceptors (Lipinski definition) is 7. The van der Waals surface area contributed by atoms with Crippen molar-refractivity contribution in [3.63, 3.8) is 0 Å². The van der Waals surface area contributed by atoms with Crippen LogP contribution in [0.5, 0.6) is 11.6 Å². The van der Waals surface area contributed by atoms with Crippen molar-refractivity contribution in [3.8, 4) is 11.6 Å². The lowest BCUT2D eigenvalue weighted by molar-refractivity contribution is -0.131. The molecule has 212 valence electrons. The van der Waals surface area contributed by atoms with E-state index in [1.165, 1.54) is 12.3 Å². The zero-order chi connectivity index (χ0) is 29.9. The lowest BCUT2D eigenvalue weighted by Crippen LogP contribution is -2.02. The van der Waals surface area contributed by atoms with Gasteiger partial charge in [-0.05, 0) is 70.2 Å². The number of allylic oxidation sites excluding steroid dienone is 1. The number of rotatable bonds is 9. The number of fused-ring (bicyclic) bond motifs is 1. The molecule has 0 saturated carbocycles. The van der Waals surface area contributed by atoms with Crippen molar-refractivity contribution in [1.82, 2.24) is 20.2 Å². The number of nitrogens with zero attached hydrogens (tertiary/aromatic N) is 3. The SMILES string of the molecule is CC/C(=C(/c1ccc(/C=C/C(=O)O)cc1)c1ccc2[nH]nc(F)c2c1)c1cccc(Oc2cncc(S(C)(=O)=O)n2)c1. The summed E-state index contributed by atoms with van der Waals surface area (Å²) in [5.74, 6) is -1.20. The largest absolute Gasteiger partial charge is 0.478 e. The molecule has 0 aliphatic heterocycles. The number of aliphatic carboxylic acids is 1. The highest BCUT2D eigenvalue weighted by atomic mass is 32.2. The molecule has 5 aromatic rings. The van der Waals surface area contributed by atoms with Crippen LogP contribution in [0.25, 0.3) is 28.1 Å². The zero-order valence-corrected chi connectivity index (χ0v) is 23.4. The number of carboxylic acids is 1. The first kappa shape index (κ1) is 28.4. The van der Waals surface area contributed by atoms with Crippen molar-refractivity contribution in [2.75, 3.05) is 6.26 Å². The molecule has 2 heterocycles. The van der Waals surface area contributed by atoms with Gasteiger partial charge in [0, 0.05) is 12.3 Å². The molecule has 3 aromatic carbocycles. The van der Waals surface area contributed by atoms with E-state index in [1.54, 1.807) is 18.2 Å². The van der Waals surface area contributed by atoms with E-state index in [0.29, 0.717) is 28.6 Å². The fourth-order valence-electron chi connectivity index (χ4n) is 4.53. The molecule has 0 atom stereocenters. The molecule has 0 radical (unpaired) electrons. The molecular formula is C31H25FN4O5S. The van der Waals surface area contributed by atoms with Crippen LogP contribution < -0.4 is 4.74 Å². The van der Waals surface area contributed by atoms with Crippen LogP contribution in [0, 0.1) is 5.95 Å². The first-order chi connectivity index (χ1) is 20.1. The van der Waals surface area contributed by atoms with Crippen LogP contribution in [-0.2, 0) is 14.6 Å². The van der Waals surface area contributed by atoms with Gasteiger partial charge in [0.2, 0.25) is 11.8 Å². The van der Waals surface area contributed by atoms with Gasteiger partial charge in [0.25, 0.3) is 0 Å². The summed E-state index contributed by atoms with van der Waals surface area (Å²) in [6.45, 7) is 2.00. The van der Waals surface area contributed by atoms with Crippen molar-refractivity contribution >= 4 is 43.9 Å². The van der Waals surface area contributed by atoms with Gasteiger partial charge in [0.05, 0.1) is 23.3 Å². The minimum atomic E-state index is -3.57. The van der Waals surface area contributed by atoms with E-state index in [2.05, 4.69) is 20.2 Å². The first-order valence-corrected chi connectivity index (χ1v) is 14.7. The van der Waals surface area contributed by atoms with Crippen molar-refractivity contribution in [1.29, 1.82) is 0 Å². The molecular weight excluding hydrogens is 559 g/mol. The lowest BCUT2D eigenvalue weighted by Gasteiger charge is -2.17. The van der Waals surface area contributed by atoms with E-state index in [0.717, 1.165) is 46.4 Å². The zero-order valence-electron chi connectivity index (χ0n) is 22.6. The Bertz CT molecular complexity index is 1970. The van der Waals surface area contributed by atoms with Crippen LogP contribution in [0.15, 0.2) is 90.2 Å². The lowest BCUT2D eigenvalue weighted by atomic mass is 9.87. The second-order valence-electron chi connectivity index (χ2n) is 9.37. The first-order valence-electron chi connectivity index (χ1n) is 12.8. The van der Waals surface area contributed by atoms with Crippen molar-refractivity contribution < 1.29 is 27.4 Å². The number of benzene rings is 3. The predicted octanol–water partition coefficient (Wildman–Crippen LogP) is 6.15. The summed E-state index contributed by atoms with van der Waals surface area (Å²) in [4.78, 5) is 19.0. The Morgan fingerprint density at radius 3 is 2.50 bits per heavy atom. The summed E-state index contributed by atoms with van der Waals surface area (Å²) >= 11 is 0. The standard InChI is InChI=1S/C31H25FN4O5S/c1-3-24(21-5-4-6-23(15-21)41-27-17-33-18-28(34-27)42(2,39)40)30(20-10-7-19(8-11-20)9-14-29(37)38)22-12-13-26-25(16-22)31(32)36-35-26/h4-18H,3H2,1-2H3,(H,35,36)(H,37,38)/b14-9+,30-24+. The number of hydrogen-bond donors (Lipinski definition) is 2. The Morgan fingerprint density at radius 2 is 1.79 bits per heavy atom. The molecule has 2 aromatic heterocycles. The molecule has 11 heteroatoms. The molecule has 0 spiro atoms. The normalized spacial score (nSPS) is 12.5. The van der Waals surface area contributed by atoms with Gasteiger partial charge in [-0.15, -0.1) is 5.10 Å². The maximum absolute atomic E-state index is 14.5. The van der Waals surface area contributed by atoms with E-state index in [4.69, 9.17) is 9.84 Å². The number of sulfone groups is 1. The number of H-pyrrole nitrogens is 1. The smallest absolute Gasteiger partial charge is 0.328 e. The average Bonchev–Trinajstić information content (AvgIpc) is 3.34. The highest BCUT2D eigenvalue weighted by Gasteiger charge is 2.17. The van der Waals surface area contributed by atoms with Crippen LogP contribution in [0.4, 0.5) is 4.39 Å². The molecule has 0 aliphatic carbocycles. The van der Waals surface area contributed by atoms with Crippen LogP contribution >= 0.6 is 0 Å². The number of aromatic amines is 1. The average molecular weight is 585 g/mol. The highest BCUT2D eigenvalue weighted by molar-refractivity contribution is 7.90. The van der Waals surface area contributed by atoms with Crippen molar-refractivity contribution in [2.45, 2.75) is 18.4 Å². The summed E-state index contributed by atoms with van der Waals surface area (Å²) < 4.78 is 44.2. The number of nitrogens with one attached hydrogen (secondary N) is 1. The van der Waals surface area contributed by atoms with Gasteiger partial charge in [-0.1, -0.05) is 49.4 Å². The second-order valence-corrected chi connectivity index (χ2v) is 11.3. The molecule has 0 amide bonds. The minimum absolute atomic E-state index is 0.0308. The van der Waals surface area contributed by atoms with Crippen LogP contribution in [0.3, 0.4) is 0 Å². The molecule has 0 fully saturated rings. The van der Waals surface area contributed by atoms with Gasteiger partial charge >= 0.3 is 5.97 Å². The highest BCUT2D eigenvalue weighted by Crippen LogP contribution is 2.37. The van der Waals surface area contributed by atoms with Gasteiger partial charge in [-0.3, -0.25) is 10.1 Å². The van der Waals surface area contributed by atoms with Gasteiger partial charge in [0.15, 0.2) is 14.9 Å². The monoisotopic (exact) mass is 584 g/mol. The van der Waals surface area contributed by atoms with E-state index in [1.807, 2.05) is 55.5 Å². The Labute approximate surface area is 241 Å². The fraction of sp³-hybridized carbons (Fsp3) is 0.0968. The van der Waals surface area contributed by atoms with E-state index >= 15 is 0 Å². The number of carboxylic acid groups (broad SMARTS) is 1. The molecule has 42 heavy (non-hydrogen) atoms. The quantitative estimate of drug-likeness (QED) is 0.155. The van der Waals surface area contributed by atoms with Gasteiger partial charge in [0.1, 0.15) is 5.75 Å². The number of carbonyl (C=O) groups is 1. The minimum Gasteiger partial charge on any atom is -0.478 e. The molecule has 0 saturated heterocycles. The predicted molar refractivity (Wildman–Crippen MR) is 157 cm³/mol. The maximum Gasteiger partial charge on any atom is 0.328 e. The Morgan fingerprint density at radius 1 is 1.02 bits per heavy atom. The summed E-state index contributed by atoms with van der Waals surface area (Å²) in [5.41, 5.74) is 5.45. The summed E-state index contributed by atoms with van der Waals surface area (Å²) in [6.07, 6.45) is 6.70. The Kier molecular flexibility index (Phi) is 7.94. The third-order valence-electron chi connectivity index (χ3n) is 6.45. The van der Waals surface area contributed by atoms with Crippen LogP contribution in [0.2, 0.25) is 0 Å². The third kappa shape index (κ3) is 6.26. The second kappa shape index (κ2) is 11.8. The van der Waals surface area contributed by atoms with Gasteiger partial charge in [-0.25, -0.2) is 13.2 Å². The van der Waals surface area contributed by atoms with Gasteiger partial charge in [-0.2, -0.15) is 9.37 Å². The number of halogens is 1. The van der Waals surface area contributed by atoms with Gasteiger partial charge < -0.3 is 9.84 Å². The molecule has 5 rings (SSSR count). The van der Waals surface area contributed by atoms with Crippen molar-refractivity contribution in [2.24, 2.45) is 0 Å².